The summed E-state index contributed by atoms with van der Waals surface area (Å²) < 4.78 is 0. The van der Waals surface area contributed by atoms with Gasteiger partial charge in [0, 0.05) is 26.2 Å². The van der Waals surface area contributed by atoms with Crippen LogP contribution in [-0.4, -0.2) is 96.4 Å². The molecule has 0 aromatic rings. The van der Waals surface area contributed by atoms with Crippen molar-refractivity contribution in [3.63, 3.8) is 0 Å². The number of likely N-dealkylation sites (tertiary alicyclic amines) is 2. The van der Waals surface area contributed by atoms with E-state index < -0.39 is 0 Å². The normalized spacial score (nSPS) is 18.1. The van der Waals surface area contributed by atoms with Crippen molar-refractivity contribution in [2.45, 2.75) is 174 Å². The molecule has 252 valence electrons. The Morgan fingerprint density at radius 3 is 1.40 bits per heavy atom. The van der Waals surface area contributed by atoms with Crippen LogP contribution >= 0.6 is 0 Å². The van der Waals surface area contributed by atoms with E-state index in [9.17, 15) is 9.59 Å². The largest absolute Gasteiger partial charge is 0.338 e. The highest BCUT2D eigenvalue weighted by Crippen LogP contribution is 2.29. The molecule has 0 aliphatic carbocycles. The lowest BCUT2D eigenvalue weighted by molar-refractivity contribution is -0.136. The molecule has 0 aromatic heterocycles. The second kappa shape index (κ2) is 25.1. The predicted octanol–water partition coefficient (Wildman–Crippen LogP) is 8.28. The molecule has 0 aromatic carbocycles. The average Bonchev–Trinajstić information content (AvgIpc) is 3.63. The maximum Gasteiger partial charge on any atom is 0.237 e. The Morgan fingerprint density at radius 1 is 0.558 bits per heavy atom. The number of unbranched alkanes of at least 4 members (excludes halogenated alkanes) is 18. The number of fused-ring (bicyclic) bond motifs is 2. The first-order valence-electron chi connectivity index (χ1n) is 19.1. The third-order valence-corrected chi connectivity index (χ3v) is 10.1. The molecule has 2 aliphatic heterocycles. The Bertz CT molecular complexity index is 672. The zero-order valence-corrected chi connectivity index (χ0v) is 29.1. The predicted molar refractivity (Wildman–Crippen MR) is 184 cm³/mol. The van der Waals surface area contributed by atoms with Crippen molar-refractivity contribution in [1.29, 1.82) is 0 Å². The molecule has 2 aliphatic rings. The van der Waals surface area contributed by atoms with Gasteiger partial charge >= 0.3 is 0 Å². The third-order valence-electron chi connectivity index (χ3n) is 10.1. The summed E-state index contributed by atoms with van der Waals surface area (Å²) in [6.07, 6.45) is 30.2. The van der Waals surface area contributed by atoms with E-state index in [2.05, 4.69) is 35.5 Å². The SMILES string of the molecule is CCCCCCCCCN(CCCCCCCCC)CCN(CCCCCCCCC)CC(=O)N1CC2CC1CN2C=O. The van der Waals surface area contributed by atoms with E-state index in [0.29, 0.717) is 6.54 Å². The van der Waals surface area contributed by atoms with Gasteiger partial charge in [-0.25, -0.2) is 0 Å². The summed E-state index contributed by atoms with van der Waals surface area (Å²) in [6, 6.07) is 0.469. The van der Waals surface area contributed by atoms with Crippen LogP contribution in [0.15, 0.2) is 0 Å². The van der Waals surface area contributed by atoms with Crippen molar-refractivity contribution in [1.82, 2.24) is 19.6 Å². The average molecular weight is 605 g/mol. The van der Waals surface area contributed by atoms with E-state index in [4.69, 9.17) is 0 Å². The van der Waals surface area contributed by atoms with Gasteiger partial charge in [0.05, 0.1) is 18.6 Å². The molecule has 2 atom stereocenters. The second-order valence-electron chi connectivity index (χ2n) is 13.9. The molecule has 2 amide bonds. The lowest BCUT2D eigenvalue weighted by Crippen LogP contribution is -2.51. The number of rotatable bonds is 30. The first kappa shape index (κ1) is 38.0. The van der Waals surface area contributed by atoms with Crippen molar-refractivity contribution in [3.8, 4) is 0 Å². The minimum atomic E-state index is 0.231. The Labute approximate surface area is 267 Å². The minimum absolute atomic E-state index is 0.231. The number of piperazine rings is 1. The van der Waals surface area contributed by atoms with Gasteiger partial charge < -0.3 is 14.7 Å². The van der Waals surface area contributed by atoms with Crippen LogP contribution in [0.2, 0.25) is 0 Å². The highest BCUT2D eigenvalue weighted by molar-refractivity contribution is 5.79. The highest BCUT2D eigenvalue weighted by atomic mass is 16.2. The first-order chi connectivity index (χ1) is 21.1. The zero-order valence-electron chi connectivity index (χ0n) is 29.1. The standard InChI is InChI=1S/C37H72N4O2/c1-4-7-10-13-16-19-22-25-38(26-23-20-17-14-11-8-5-2)28-29-39(27-24-21-18-15-12-9-6-3)33-37(43)41-32-35-30-36(41)31-40(35)34-42/h34-36H,4-33H2,1-3H3. The molecule has 2 saturated heterocycles. The molecule has 2 bridgehead atoms. The van der Waals surface area contributed by atoms with Gasteiger partial charge in [0.2, 0.25) is 12.3 Å². The molecule has 6 heteroatoms. The van der Waals surface area contributed by atoms with Crippen LogP contribution in [0.1, 0.15) is 162 Å². The molecule has 2 heterocycles. The maximum atomic E-state index is 13.5. The summed E-state index contributed by atoms with van der Waals surface area (Å²) in [4.78, 5) is 34.0. The Hall–Kier alpha value is -1.14. The van der Waals surface area contributed by atoms with Crippen molar-refractivity contribution in [2.24, 2.45) is 0 Å². The molecule has 2 fully saturated rings. The van der Waals surface area contributed by atoms with Crippen LogP contribution in [0.25, 0.3) is 0 Å². The molecular formula is C37H72N4O2. The van der Waals surface area contributed by atoms with Crippen LogP contribution in [0, 0.1) is 0 Å². The summed E-state index contributed by atoms with van der Waals surface area (Å²) in [7, 11) is 0. The number of carbonyl (C=O) groups is 2. The number of nitrogens with zero attached hydrogens (tertiary/aromatic N) is 4. The molecule has 0 spiro atoms. The maximum absolute atomic E-state index is 13.5. The highest BCUT2D eigenvalue weighted by Gasteiger charge is 2.44. The van der Waals surface area contributed by atoms with Gasteiger partial charge in [-0.1, -0.05) is 136 Å². The molecule has 6 nitrogen and oxygen atoms in total. The van der Waals surface area contributed by atoms with Crippen molar-refractivity contribution in [2.75, 3.05) is 52.4 Å². The monoisotopic (exact) mass is 605 g/mol. The molecule has 0 radical (unpaired) electrons. The van der Waals surface area contributed by atoms with Gasteiger partial charge in [-0.3, -0.25) is 14.5 Å². The fourth-order valence-corrected chi connectivity index (χ4v) is 7.18. The summed E-state index contributed by atoms with van der Waals surface area (Å²) >= 11 is 0. The van der Waals surface area contributed by atoms with E-state index in [1.807, 2.05) is 4.90 Å². The van der Waals surface area contributed by atoms with Crippen molar-refractivity contribution in [3.05, 3.63) is 0 Å². The van der Waals surface area contributed by atoms with Crippen LogP contribution in [0.5, 0.6) is 0 Å². The van der Waals surface area contributed by atoms with Crippen molar-refractivity contribution < 1.29 is 9.59 Å². The van der Waals surface area contributed by atoms with Crippen LogP contribution < -0.4 is 0 Å². The van der Waals surface area contributed by atoms with Crippen LogP contribution in [0.3, 0.4) is 0 Å². The molecule has 0 saturated carbocycles. The van der Waals surface area contributed by atoms with Crippen LogP contribution in [0.4, 0.5) is 0 Å². The number of carbonyl (C=O) groups excluding carboxylic acids is 2. The molecule has 2 unspecified atom stereocenters. The molecular weight excluding hydrogens is 532 g/mol. The minimum Gasteiger partial charge on any atom is -0.338 e. The number of hydrogen-bond donors (Lipinski definition) is 0. The van der Waals surface area contributed by atoms with E-state index in [1.165, 1.54) is 148 Å². The fourth-order valence-electron chi connectivity index (χ4n) is 7.18. The van der Waals surface area contributed by atoms with Crippen molar-refractivity contribution >= 4 is 12.3 Å². The summed E-state index contributed by atoms with van der Waals surface area (Å²) in [5.41, 5.74) is 0. The fraction of sp³-hybridized carbons (Fsp3) is 0.946. The number of hydrogen-bond acceptors (Lipinski definition) is 4. The van der Waals surface area contributed by atoms with Gasteiger partial charge in [-0.05, 0) is 45.3 Å². The summed E-state index contributed by atoms with van der Waals surface area (Å²) in [5, 5.41) is 0. The lowest BCUT2D eigenvalue weighted by Gasteiger charge is -2.34. The van der Waals surface area contributed by atoms with E-state index in [-0.39, 0.29) is 18.0 Å². The van der Waals surface area contributed by atoms with E-state index in [1.54, 1.807) is 0 Å². The first-order valence-corrected chi connectivity index (χ1v) is 19.1. The number of amides is 2. The topological polar surface area (TPSA) is 47.1 Å². The summed E-state index contributed by atoms with van der Waals surface area (Å²) in [6.45, 7) is 14.4. The van der Waals surface area contributed by atoms with Gasteiger partial charge in [0.15, 0.2) is 0 Å². The van der Waals surface area contributed by atoms with Gasteiger partial charge in [0.1, 0.15) is 0 Å². The summed E-state index contributed by atoms with van der Waals surface area (Å²) in [5.74, 6) is 0.284. The Kier molecular flexibility index (Phi) is 22.2. The Balaban J connectivity index is 1.85. The molecule has 43 heavy (non-hydrogen) atoms. The van der Waals surface area contributed by atoms with E-state index in [0.717, 1.165) is 45.6 Å². The van der Waals surface area contributed by atoms with E-state index >= 15 is 0 Å². The smallest absolute Gasteiger partial charge is 0.237 e. The third kappa shape index (κ3) is 16.7. The van der Waals surface area contributed by atoms with Gasteiger partial charge in [-0.2, -0.15) is 0 Å². The lowest BCUT2D eigenvalue weighted by atomic mass is 10.1. The van der Waals surface area contributed by atoms with Gasteiger partial charge in [0.25, 0.3) is 0 Å². The quantitative estimate of drug-likeness (QED) is 0.0611. The molecule has 2 rings (SSSR count). The molecule has 0 N–H and O–H groups in total. The zero-order chi connectivity index (χ0) is 31.0. The second-order valence-corrected chi connectivity index (χ2v) is 13.9. The Morgan fingerprint density at radius 2 is 0.977 bits per heavy atom. The van der Waals surface area contributed by atoms with Crippen LogP contribution in [-0.2, 0) is 9.59 Å². The van der Waals surface area contributed by atoms with Gasteiger partial charge in [-0.15, -0.1) is 0 Å².